The number of methoxy groups -OCH3 is 1. The molecule has 0 unspecified atom stereocenters. The van der Waals surface area contributed by atoms with Crippen molar-refractivity contribution in [2.24, 2.45) is 0 Å². The molecule has 1 amide bonds. The van der Waals surface area contributed by atoms with E-state index in [2.05, 4.69) is 20.4 Å². The van der Waals surface area contributed by atoms with Crippen molar-refractivity contribution in [3.8, 4) is 22.8 Å². The molecule has 154 valence electrons. The van der Waals surface area contributed by atoms with E-state index in [1.54, 1.807) is 19.2 Å². The Morgan fingerprint density at radius 1 is 1.00 bits per heavy atom. The Morgan fingerprint density at radius 3 is 2.53 bits per heavy atom. The summed E-state index contributed by atoms with van der Waals surface area (Å²) in [5.74, 6) is 1.77. The number of benzene rings is 2. The van der Waals surface area contributed by atoms with Gasteiger partial charge in [0.15, 0.2) is 23.9 Å². The molecular formula is C23H24N4O3. The summed E-state index contributed by atoms with van der Waals surface area (Å²) in [5, 5.41) is 11.6. The van der Waals surface area contributed by atoms with E-state index in [-0.39, 0.29) is 12.5 Å². The maximum absolute atomic E-state index is 12.3. The Balaban J connectivity index is 1.38. The maximum atomic E-state index is 12.3. The SMILES string of the molecule is COc1ccccc1OCC(=O)Nc1cccc(-c2ccc(N3CCCC3)nn2)c1. The van der Waals surface area contributed by atoms with Crippen LogP contribution in [0.25, 0.3) is 11.3 Å². The zero-order valence-electron chi connectivity index (χ0n) is 16.9. The number of hydrogen-bond acceptors (Lipinski definition) is 6. The monoisotopic (exact) mass is 404 g/mol. The number of anilines is 2. The van der Waals surface area contributed by atoms with E-state index in [1.165, 1.54) is 12.8 Å². The molecule has 1 aromatic heterocycles. The predicted octanol–water partition coefficient (Wildman–Crippen LogP) is 3.77. The summed E-state index contributed by atoms with van der Waals surface area (Å²) in [6.45, 7) is 1.95. The molecule has 4 rings (SSSR count). The van der Waals surface area contributed by atoms with E-state index in [1.807, 2.05) is 48.5 Å². The molecule has 1 aliphatic rings. The molecule has 1 saturated heterocycles. The van der Waals surface area contributed by atoms with Crippen molar-refractivity contribution in [1.82, 2.24) is 10.2 Å². The number of nitrogens with one attached hydrogen (secondary N) is 1. The fraction of sp³-hybridized carbons (Fsp3) is 0.261. The summed E-state index contributed by atoms with van der Waals surface area (Å²) in [6.07, 6.45) is 2.40. The van der Waals surface area contributed by atoms with Gasteiger partial charge in [-0.3, -0.25) is 4.79 Å². The van der Waals surface area contributed by atoms with Crippen LogP contribution in [0.2, 0.25) is 0 Å². The number of para-hydroxylation sites is 2. The van der Waals surface area contributed by atoms with Crippen LogP contribution in [0.3, 0.4) is 0 Å². The zero-order chi connectivity index (χ0) is 20.8. The van der Waals surface area contributed by atoms with Crippen molar-refractivity contribution in [3.05, 3.63) is 60.7 Å². The number of aromatic nitrogens is 2. The van der Waals surface area contributed by atoms with Gasteiger partial charge in [0.2, 0.25) is 0 Å². The third-order valence-corrected chi connectivity index (χ3v) is 4.95. The molecule has 1 aliphatic heterocycles. The fourth-order valence-corrected chi connectivity index (χ4v) is 3.43. The van der Waals surface area contributed by atoms with Gasteiger partial charge in [0.1, 0.15) is 0 Å². The van der Waals surface area contributed by atoms with E-state index >= 15 is 0 Å². The number of amides is 1. The minimum absolute atomic E-state index is 0.116. The minimum atomic E-state index is -0.256. The maximum Gasteiger partial charge on any atom is 0.262 e. The molecule has 7 heteroatoms. The lowest BCUT2D eigenvalue weighted by Gasteiger charge is -2.15. The average Bonchev–Trinajstić information content (AvgIpc) is 3.33. The molecule has 1 N–H and O–H groups in total. The number of rotatable bonds is 7. The Bertz CT molecular complexity index is 1000. The van der Waals surface area contributed by atoms with Crippen LogP contribution < -0.4 is 19.7 Å². The van der Waals surface area contributed by atoms with Crippen LogP contribution in [0.4, 0.5) is 11.5 Å². The number of hydrogen-bond donors (Lipinski definition) is 1. The standard InChI is InChI=1S/C23H24N4O3/c1-29-20-9-2-3-10-21(20)30-16-23(28)24-18-8-6-7-17(15-18)19-11-12-22(26-25-19)27-13-4-5-14-27/h2-3,6-12,15H,4-5,13-14,16H2,1H3,(H,24,28). The van der Waals surface area contributed by atoms with Gasteiger partial charge in [0.25, 0.3) is 5.91 Å². The topological polar surface area (TPSA) is 76.6 Å². The van der Waals surface area contributed by atoms with Crippen LogP contribution in [-0.2, 0) is 4.79 Å². The van der Waals surface area contributed by atoms with Gasteiger partial charge in [-0.05, 0) is 49.2 Å². The van der Waals surface area contributed by atoms with Crippen LogP contribution in [0.1, 0.15) is 12.8 Å². The predicted molar refractivity (Wildman–Crippen MR) is 116 cm³/mol. The molecule has 7 nitrogen and oxygen atoms in total. The Hall–Kier alpha value is -3.61. The lowest BCUT2D eigenvalue weighted by Crippen LogP contribution is -2.20. The molecule has 1 fully saturated rings. The van der Waals surface area contributed by atoms with Crippen molar-refractivity contribution in [3.63, 3.8) is 0 Å². The Labute approximate surface area is 175 Å². The van der Waals surface area contributed by atoms with Crippen molar-refractivity contribution < 1.29 is 14.3 Å². The summed E-state index contributed by atoms with van der Waals surface area (Å²) >= 11 is 0. The van der Waals surface area contributed by atoms with Gasteiger partial charge in [-0.15, -0.1) is 10.2 Å². The first-order valence-electron chi connectivity index (χ1n) is 9.98. The molecule has 2 aromatic carbocycles. The number of ether oxygens (including phenoxy) is 2. The largest absolute Gasteiger partial charge is 0.493 e. The highest BCUT2D eigenvalue weighted by Gasteiger charge is 2.14. The molecule has 3 aromatic rings. The second-order valence-electron chi connectivity index (χ2n) is 7.04. The molecule has 0 aliphatic carbocycles. The first-order chi connectivity index (χ1) is 14.7. The first kappa shape index (κ1) is 19.7. The normalized spacial score (nSPS) is 13.2. The van der Waals surface area contributed by atoms with Crippen molar-refractivity contribution in [2.75, 3.05) is 37.0 Å². The van der Waals surface area contributed by atoms with Gasteiger partial charge in [0, 0.05) is 24.3 Å². The lowest BCUT2D eigenvalue weighted by molar-refractivity contribution is -0.118. The van der Waals surface area contributed by atoms with Gasteiger partial charge in [-0.1, -0.05) is 24.3 Å². The van der Waals surface area contributed by atoms with Gasteiger partial charge < -0.3 is 19.7 Å². The minimum Gasteiger partial charge on any atom is -0.493 e. The van der Waals surface area contributed by atoms with Gasteiger partial charge in [0.05, 0.1) is 12.8 Å². The van der Waals surface area contributed by atoms with E-state index in [0.717, 1.165) is 30.2 Å². The highest BCUT2D eigenvalue weighted by molar-refractivity contribution is 5.92. The van der Waals surface area contributed by atoms with E-state index in [0.29, 0.717) is 17.2 Å². The average molecular weight is 404 g/mol. The number of carbonyl (C=O) groups is 1. The third-order valence-electron chi connectivity index (χ3n) is 4.95. The van der Waals surface area contributed by atoms with E-state index < -0.39 is 0 Å². The van der Waals surface area contributed by atoms with Crippen LogP contribution in [0.15, 0.2) is 60.7 Å². The van der Waals surface area contributed by atoms with Crippen LogP contribution in [-0.4, -0.2) is 42.9 Å². The fourth-order valence-electron chi connectivity index (χ4n) is 3.43. The molecule has 0 saturated carbocycles. The van der Waals surface area contributed by atoms with Gasteiger partial charge >= 0.3 is 0 Å². The summed E-state index contributed by atoms with van der Waals surface area (Å²) < 4.78 is 10.8. The quantitative estimate of drug-likeness (QED) is 0.646. The summed E-state index contributed by atoms with van der Waals surface area (Å²) in [7, 11) is 1.56. The second kappa shape index (κ2) is 9.26. The van der Waals surface area contributed by atoms with Crippen LogP contribution in [0, 0.1) is 0 Å². The number of nitrogens with zero attached hydrogens (tertiary/aromatic N) is 3. The van der Waals surface area contributed by atoms with Crippen molar-refractivity contribution in [2.45, 2.75) is 12.8 Å². The molecular weight excluding hydrogens is 380 g/mol. The highest BCUT2D eigenvalue weighted by Crippen LogP contribution is 2.26. The van der Waals surface area contributed by atoms with Gasteiger partial charge in [-0.2, -0.15) is 0 Å². The Kier molecular flexibility index (Phi) is 6.08. The van der Waals surface area contributed by atoms with Crippen LogP contribution in [0.5, 0.6) is 11.5 Å². The Morgan fingerprint density at radius 2 is 1.80 bits per heavy atom. The van der Waals surface area contributed by atoms with Crippen molar-refractivity contribution in [1.29, 1.82) is 0 Å². The summed E-state index contributed by atoms with van der Waals surface area (Å²) in [4.78, 5) is 14.6. The third kappa shape index (κ3) is 4.68. The van der Waals surface area contributed by atoms with E-state index in [9.17, 15) is 4.79 Å². The molecule has 0 radical (unpaired) electrons. The smallest absolute Gasteiger partial charge is 0.262 e. The molecule has 0 bridgehead atoms. The van der Waals surface area contributed by atoms with Gasteiger partial charge in [-0.25, -0.2) is 0 Å². The molecule has 2 heterocycles. The number of carbonyl (C=O) groups excluding carboxylic acids is 1. The zero-order valence-corrected chi connectivity index (χ0v) is 16.9. The first-order valence-corrected chi connectivity index (χ1v) is 9.98. The highest BCUT2D eigenvalue weighted by atomic mass is 16.5. The second-order valence-corrected chi connectivity index (χ2v) is 7.04. The summed E-state index contributed by atoms with van der Waals surface area (Å²) in [5.41, 5.74) is 2.32. The summed E-state index contributed by atoms with van der Waals surface area (Å²) in [6, 6.07) is 18.7. The van der Waals surface area contributed by atoms with Crippen molar-refractivity contribution >= 4 is 17.4 Å². The lowest BCUT2D eigenvalue weighted by atomic mass is 10.1. The molecule has 0 spiro atoms. The van der Waals surface area contributed by atoms with E-state index in [4.69, 9.17) is 9.47 Å². The van der Waals surface area contributed by atoms with Crippen LogP contribution >= 0.6 is 0 Å². The molecule has 30 heavy (non-hydrogen) atoms. The molecule has 0 atom stereocenters.